The van der Waals surface area contributed by atoms with Crippen molar-refractivity contribution in [1.82, 2.24) is 14.9 Å². The van der Waals surface area contributed by atoms with Crippen LogP contribution in [0.1, 0.15) is 24.8 Å². The van der Waals surface area contributed by atoms with E-state index in [1.807, 2.05) is 4.90 Å². The molecule has 0 aliphatic carbocycles. The van der Waals surface area contributed by atoms with Crippen molar-refractivity contribution in [2.75, 3.05) is 31.1 Å². The summed E-state index contributed by atoms with van der Waals surface area (Å²) in [5.41, 5.74) is 2.25. The maximum absolute atomic E-state index is 12.6. The van der Waals surface area contributed by atoms with Gasteiger partial charge in [-0.1, -0.05) is 0 Å². The quantitative estimate of drug-likeness (QED) is 0.854. The predicted molar refractivity (Wildman–Crippen MR) is 88.3 cm³/mol. The number of likely N-dealkylation sites (tertiary alicyclic amines) is 1. The van der Waals surface area contributed by atoms with Crippen LogP contribution in [-0.2, 0) is 4.79 Å². The summed E-state index contributed by atoms with van der Waals surface area (Å²) in [5, 5.41) is 2.13. The fourth-order valence-electron chi connectivity index (χ4n) is 3.53. The molecular formula is C16H20N4OS. The van der Waals surface area contributed by atoms with E-state index in [-0.39, 0.29) is 5.92 Å². The van der Waals surface area contributed by atoms with E-state index in [4.69, 9.17) is 0 Å². The zero-order chi connectivity index (χ0) is 15.1. The van der Waals surface area contributed by atoms with Gasteiger partial charge in [0.1, 0.15) is 12.1 Å². The Morgan fingerprint density at radius 3 is 2.91 bits per heavy atom. The van der Waals surface area contributed by atoms with Crippen molar-refractivity contribution in [3.8, 4) is 0 Å². The lowest BCUT2D eigenvalue weighted by Crippen LogP contribution is -2.35. The molecule has 4 heterocycles. The summed E-state index contributed by atoms with van der Waals surface area (Å²) in [6, 6.07) is 0. The van der Waals surface area contributed by atoms with Crippen LogP contribution in [0.2, 0.25) is 0 Å². The summed E-state index contributed by atoms with van der Waals surface area (Å²) in [4.78, 5) is 25.7. The first-order valence-corrected chi connectivity index (χ1v) is 8.84. The lowest BCUT2D eigenvalue weighted by Gasteiger charge is -2.21. The molecule has 116 valence electrons. The Bertz CT molecular complexity index is 707. The minimum absolute atomic E-state index is 0.129. The summed E-state index contributed by atoms with van der Waals surface area (Å²) in [7, 11) is 0. The van der Waals surface area contributed by atoms with Crippen molar-refractivity contribution >= 4 is 33.3 Å². The molecule has 0 bridgehead atoms. The third-order valence-electron chi connectivity index (χ3n) is 4.77. The SMILES string of the molecule is Cc1csc2c(N3CCC(C(=O)N4CCCC4)C3)ncnc12. The average Bonchev–Trinajstić information content (AvgIpc) is 3.28. The second kappa shape index (κ2) is 5.50. The van der Waals surface area contributed by atoms with Gasteiger partial charge < -0.3 is 9.80 Å². The maximum Gasteiger partial charge on any atom is 0.227 e. The monoisotopic (exact) mass is 316 g/mol. The number of hydrogen-bond donors (Lipinski definition) is 0. The summed E-state index contributed by atoms with van der Waals surface area (Å²) in [6.45, 7) is 5.67. The van der Waals surface area contributed by atoms with Gasteiger partial charge in [-0.15, -0.1) is 11.3 Å². The molecule has 0 N–H and O–H groups in total. The van der Waals surface area contributed by atoms with Gasteiger partial charge in [0.25, 0.3) is 0 Å². The topological polar surface area (TPSA) is 49.3 Å². The standard InChI is InChI=1S/C16H20N4OS/c1-11-9-22-14-13(11)17-10-18-15(14)20-7-4-12(8-20)16(21)19-5-2-3-6-19/h9-10,12H,2-8H2,1H3. The van der Waals surface area contributed by atoms with E-state index in [0.717, 1.165) is 61.5 Å². The van der Waals surface area contributed by atoms with Crippen LogP contribution in [0.5, 0.6) is 0 Å². The fourth-order valence-corrected chi connectivity index (χ4v) is 4.55. The molecule has 0 saturated carbocycles. The molecule has 1 atom stereocenters. The Labute approximate surface area is 134 Å². The number of aryl methyl sites for hydroxylation is 1. The van der Waals surface area contributed by atoms with E-state index in [1.165, 1.54) is 5.56 Å². The number of carbonyl (C=O) groups excluding carboxylic acids is 1. The van der Waals surface area contributed by atoms with E-state index in [9.17, 15) is 4.79 Å². The Morgan fingerprint density at radius 2 is 2.09 bits per heavy atom. The molecule has 2 saturated heterocycles. The largest absolute Gasteiger partial charge is 0.355 e. The van der Waals surface area contributed by atoms with Crippen molar-refractivity contribution in [3.05, 3.63) is 17.3 Å². The number of nitrogens with zero attached hydrogens (tertiary/aromatic N) is 4. The van der Waals surface area contributed by atoms with E-state index in [2.05, 4.69) is 27.2 Å². The summed E-state index contributed by atoms with van der Waals surface area (Å²) in [5.74, 6) is 1.47. The highest BCUT2D eigenvalue weighted by Crippen LogP contribution is 2.33. The highest BCUT2D eigenvalue weighted by molar-refractivity contribution is 7.18. The van der Waals surface area contributed by atoms with Crippen LogP contribution in [0.4, 0.5) is 5.82 Å². The molecule has 4 rings (SSSR count). The number of amides is 1. The van der Waals surface area contributed by atoms with Crippen LogP contribution < -0.4 is 4.90 Å². The summed E-state index contributed by atoms with van der Waals surface area (Å²) >= 11 is 1.70. The molecule has 2 aromatic heterocycles. The van der Waals surface area contributed by atoms with Gasteiger partial charge in [0, 0.05) is 26.2 Å². The molecule has 1 amide bonds. The molecule has 0 aromatic carbocycles. The second-order valence-electron chi connectivity index (χ2n) is 6.26. The minimum Gasteiger partial charge on any atom is -0.355 e. The van der Waals surface area contributed by atoms with Gasteiger partial charge in [-0.05, 0) is 37.1 Å². The van der Waals surface area contributed by atoms with Crippen molar-refractivity contribution in [2.24, 2.45) is 5.92 Å². The van der Waals surface area contributed by atoms with Crippen molar-refractivity contribution < 1.29 is 4.79 Å². The zero-order valence-corrected chi connectivity index (χ0v) is 13.6. The van der Waals surface area contributed by atoms with E-state index >= 15 is 0 Å². The van der Waals surface area contributed by atoms with Crippen LogP contribution in [-0.4, -0.2) is 47.0 Å². The van der Waals surface area contributed by atoms with Gasteiger partial charge in [-0.2, -0.15) is 0 Å². The Balaban J connectivity index is 1.55. The number of rotatable bonds is 2. The van der Waals surface area contributed by atoms with Crippen LogP contribution in [0.15, 0.2) is 11.7 Å². The third-order valence-corrected chi connectivity index (χ3v) is 5.85. The average molecular weight is 316 g/mol. The summed E-state index contributed by atoms with van der Waals surface area (Å²) < 4.78 is 1.15. The van der Waals surface area contributed by atoms with Gasteiger partial charge in [0.15, 0.2) is 0 Å². The van der Waals surface area contributed by atoms with E-state index < -0.39 is 0 Å². The number of hydrogen-bond acceptors (Lipinski definition) is 5. The Morgan fingerprint density at radius 1 is 1.27 bits per heavy atom. The van der Waals surface area contributed by atoms with Crippen LogP contribution in [0.25, 0.3) is 10.2 Å². The third kappa shape index (κ3) is 2.26. The molecule has 2 aromatic rings. The lowest BCUT2D eigenvalue weighted by molar-refractivity contribution is -0.133. The minimum atomic E-state index is 0.129. The van der Waals surface area contributed by atoms with E-state index in [1.54, 1.807) is 17.7 Å². The normalized spacial score (nSPS) is 22.0. The number of carbonyl (C=O) groups is 1. The Kier molecular flexibility index (Phi) is 3.48. The number of anilines is 1. The summed E-state index contributed by atoms with van der Waals surface area (Å²) in [6.07, 6.45) is 4.89. The van der Waals surface area contributed by atoms with Gasteiger partial charge in [-0.25, -0.2) is 9.97 Å². The second-order valence-corrected chi connectivity index (χ2v) is 7.14. The fraction of sp³-hybridized carbons (Fsp3) is 0.562. The van der Waals surface area contributed by atoms with Crippen molar-refractivity contribution in [1.29, 1.82) is 0 Å². The molecule has 2 aliphatic heterocycles. The molecule has 0 radical (unpaired) electrons. The number of fused-ring (bicyclic) bond motifs is 1. The van der Waals surface area contributed by atoms with Gasteiger partial charge in [0.2, 0.25) is 5.91 Å². The van der Waals surface area contributed by atoms with Crippen LogP contribution >= 0.6 is 11.3 Å². The van der Waals surface area contributed by atoms with Crippen LogP contribution in [0, 0.1) is 12.8 Å². The number of aromatic nitrogens is 2. The molecule has 2 aliphatic rings. The van der Waals surface area contributed by atoms with Crippen LogP contribution in [0.3, 0.4) is 0 Å². The zero-order valence-electron chi connectivity index (χ0n) is 12.8. The highest BCUT2D eigenvalue weighted by Gasteiger charge is 2.33. The number of thiophene rings is 1. The van der Waals surface area contributed by atoms with Gasteiger partial charge >= 0.3 is 0 Å². The van der Waals surface area contributed by atoms with Gasteiger partial charge in [-0.3, -0.25) is 4.79 Å². The first-order valence-electron chi connectivity index (χ1n) is 7.96. The smallest absolute Gasteiger partial charge is 0.227 e. The van der Waals surface area contributed by atoms with Gasteiger partial charge in [0.05, 0.1) is 16.1 Å². The molecule has 6 heteroatoms. The molecule has 5 nitrogen and oxygen atoms in total. The maximum atomic E-state index is 12.6. The Hall–Kier alpha value is -1.69. The predicted octanol–water partition coefficient (Wildman–Crippen LogP) is 2.45. The molecule has 0 spiro atoms. The van der Waals surface area contributed by atoms with E-state index in [0.29, 0.717) is 5.91 Å². The molecule has 22 heavy (non-hydrogen) atoms. The first-order chi connectivity index (χ1) is 10.7. The highest BCUT2D eigenvalue weighted by atomic mass is 32.1. The molecule has 1 unspecified atom stereocenters. The van der Waals surface area contributed by atoms with Crippen molar-refractivity contribution in [3.63, 3.8) is 0 Å². The van der Waals surface area contributed by atoms with Crippen molar-refractivity contribution in [2.45, 2.75) is 26.2 Å². The molecule has 2 fully saturated rings. The lowest BCUT2D eigenvalue weighted by atomic mass is 10.1. The first kappa shape index (κ1) is 13.9. The molecular weight excluding hydrogens is 296 g/mol.